The number of amides is 2. The lowest BCUT2D eigenvalue weighted by atomic mass is 10.1. The van der Waals surface area contributed by atoms with Crippen LogP contribution in [0.3, 0.4) is 0 Å². The molecular formula is C14H16N2O3S. The van der Waals surface area contributed by atoms with Crippen LogP contribution >= 0.6 is 11.8 Å². The maximum absolute atomic E-state index is 11.9. The average molecular weight is 292 g/mol. The Morgan fingerprint density at radius 1 is 1.35 bits per heavy atom. The number of carbonyl (C=O) groups excluding carboxylic acids is 3. The van der Waals surface area contributed by atoms with Crippen molar-refractivity contribution in [1.29, 1.82) is 0 Å². The lowest BCUT2D eigenvalue weighted by Gasteiger charge is -2.20. The molecule has 0 aliphatic carbocycles. The van der Waals surface area contributed by atoms with E-state index in [1.165, 1.54) is 18.7 Å². The van der Waals surface area contributed by atoms with Crippen LogP contribution in [0.4, 0.5) is 5.69 Å². The molecule has 1 aromatic rings. The molecule has 5 nitrogen and oxygen atoms in total. The Bertz CT molecular complexity index is 528. The van der Waals surface area contributed by atoms with Gasteiger partial charge >= 0.3 is 0 Å². The standard InChI is InChI=1S/C14H16N2O3S/c1-9(17)10-2-4-11(5-3-10)16-13(18)8-12-14(19)15-6-7-20-12/h2-5,12H,6-8H2,1H3,(H,15,19)(H,16,18)/t12-/m0/s1. The number of rotatable bonds is 4. The van der Waals surface area contributed by atoms with Gasteiger partial charge < -0.3 is 10.6 Å². The van der Waals surface area contributed by atoms with Crippen LogP contribution < -0.4 is 10.6 Å². The van der Waals surface area contributed by atoms with E-state index in [2.05, 4.69) is 10.6 Å². The van der Waals surface area contributed by atoms with Crippen LogP contribution in [0.2, 0.25) is 0 Å². The van der Waals surface area contributed by atoms with Crippen molar-refractivity contribution in [1.82, 2.24) is 5.32 Å². The number of ketones is 1. The maximum atomic E-state index is 11.9. The maximum Gasteiger partial charge on any atom is 0.233 e. The van der Waals surface area contributed by atoms with Crippen molar-refractivity contribution in [2.75, 3.05) is 17.6 Å². The minimum absolute atomic E-state index is 0.0156. The van der Waals surface area contributed by atoms with E-state index >= 15 is 0 Å². The van der Waals surface area contributed by atoms with Crippen molar-refractivity contribution < 1.29 is 14.4 Å². The van der Waals surface area contributed by atoms with Crippen molar-refractivity contribution in [2.24, 2.45) is 0 Å². The largest absolute Gasteiger partial charge is 0.354 e. The third-order valence-electron chi connectivity index (χ3n) is 2.96. The Morgan fingerprint density at radius 3 is 2.65 bits per heavy atom. The third kappa shape index (κ3) is 3.84. The van der Waals surface area contributed by atoms with E-state index in [1.54, 1.807) is 24.3 Å². The molecule has 1 aliphatic rings. The number of hydrogen-bond acceptors (Lipinski definition) is 4. The second-order valence-electron chi connectivity index (χ2n) is 4.54. The summed E-state index contributed by atoms with van der Waals surface area (Å²) in [5.41, 5.74) is 1.23. The van der Waals surface area contributed by atoms with Crippen LogP contribution in [0, 0.1) is 0 Å². The summed E-state index contributed by atoms with van der Waals surface area (Å²) in [4.78, 5) is 34.6. The SMILES string of the molecule is CC(=O)c1ccc(NC(=O)C[C@@H]2SCCNC2=O)cc1. The summed E-state index contributed by atoms with van der Waals surface area (Å²) in [5.74, 6) is 0.536. The number of thioether (sulfide) groups is 1. The van der Waals surface area contributed by atoms with E-state index < -0.39 is 0 Å². The van der Waals surface area contributed by atoms with Crippen molar-refractivity contribution in [3.05, 3.63) is 29.8 Å². The zero-order valence-electron chi connectivity index (χ0n) is 11.1. The first-order valence-corrected chi connectivity index (χ1v) is 7.41. The number of carbonyl (C=O) groups is 3. The second-order valence-corrected chi connectivity index (χ2v) is 5.85. The second kappa shape index (κ2) is 6.56. The molecule has 0 unspecified atom stereocenters. The summed E-state index contributed by atoms with van der Waals surface area (Å²) in [5, 5.41) is 5.16. The molecule has 1 saturated heterocycles. The van der Waals surface area contributed by atoms with Gasteiger partial charge in [0.2, 0.25) is 11.8 Å². The van der Waals surface area contributed by atoms with Gasteiger partial charge in [-0.25, -0.2) is 0 Å². The van der Waals surface area contributed by atoms with Gasteiger partial charge in [-0.2, -0.15) is 0 Å². The average Bonchev–Trinajstić information content (AvgIpc) is 2.42. The normalized spacial score (nSPS) is 18.2. The molecule has 2 N–H and O–H groups in total. The van der Waals surface area contributed by atoms with Gasteiger partial charge in [0, 0.05) is 30.0 Å². The van der Waals surface area contributed by atoms with E-state index in [0.717, 1.165) is 5.75 Å². The van der Waals surface area contributed by atoms with Gasteiger partial charge in [-0.1, -0.05) is 0 Å². The van der Waals surface area contributed by atoms with Gasteiger partial charge in [-0.05, 0) is 31.2 Å². The molecule has 0 spiro atoms. The fraction of sp³-hybridized carbons (Fsp3) is 0.357. The molecular weight excluding hydrogens is 276 g/mol. The monoisotopic (exact) mass is 292 g/mol. The fourth-order valence-corrected chi connectivity index (χ4v) is 2.89. The summed E-state index contributed by atoms with van der Waals surface area (Å²) >= 11 is 1.50. The van der Waals surface area contributed by atoms with Crippen LogP contribution in [-0.4, -0.2) is 35.1 Å². The van der Waals surface area contributed by atoms with Crippen molar-refractivity contribution >= 4 is 35.0 Å². The van der Waals surface area contributed by atoms with Gasteiger partial charge in [-0.3, -0.25) is 14.4 Å². The Hall–Kier alpha value is -1.82. The van der Waals surface area contributed by atoms with E-state index in [4.69, 9.17) is 0 Å². The zero-order valence-corrected chi connectivity index (χ0v) is 12.0. The number of nitrogens with one attached hydrogen (secondary N) is 2. The molecule has 2 amide bonds. The molecule has 1 heterocycles. The molecule has 0 aromatic heterocycles. The number of benzene rings is 1. The summed E-state index contributed by atoms with van der Waals surface area (Å²) in [6, 6.07) is 6.70. The molecule has 6 heteroatoms. The number of anilines is 1. The summed E-state index contributed by atoms with van der Waals surface area (Å²) in [7, 11) is 0. The first kappa shape index (κ1) is 14.6. The van der Waals surface area contributed by atoms with Gasteiger partial charge in [0.1, 0.15) is 0 Å². The molecule has 0 radical (unpaired) electrons. The van der Waals surface area contributed by atoms with Crippen LogP contribution in [0.25, 0.3) is 0 Å². The van der Waals surface area contributed by atoms with Crippen LogP contribution in [0.5, 0.6) is 0 Å². The first-order chi connectivity index (χ1) is 9.56. The fourth-order valence-electron chi connectivity index (χ4n) is 1.89. The molecule has 1 aliphatic heterocycles. The molecule has 0 bridgehead atoms. The Kier molecular flexibility index (Phi) is 4.79. The van der Waals surface area contributed by atoms with Crippen molar-refractivity contribution in [2.45, 2.75) is 18.6 Å². The predicted octanol–water partition coefficient (Wildman–Crippen LogP) is 1.45. The van der Waals surface area contributed by atoms with E-state index in [9.17, 15) is 14.4 Å². The van der Waals surface area contributed by atoms with Crippen LogP contribution in [0.1, 0.15) is 23.7 Å². The Labute approximate surface area is 121 Å². The van der Waals surface area contributed by atoms with Gasteiger partial charge in [0.25, 0.3) is 0 Å². The summed E-state index contributed by atoms with van der Waals surface area (Å²) in [6.45, 7) is 2.15. The Balaban J connectivity index is 1.90. The lowest BCUT2D eigenvalue weighted by molar-refractivity contribution is -0.123. The highest BCUT2D eigenvalue weighted by Crippen LogP contribution is 2.19. The minimum Gasteiger partial charge on any atom is -0.354 e. The van der Waals surface area contributed by atoms with Gasteiger partial charge in [0.05, 0.1) is 5.25 Å². The molecule has 2 rings (SSSR count). The highest BCUT2D eigenvalue weighted by molar-refractivity contribution is 8.00. The quantitative estimate of drug-likeness (QED) is 0.824. The zero-order chi connectivity index (χ0) is 14.5. The molecule has 1 fully saturated rings. The number of Topliss-reactive ketones (excluding diaryl/α,β-unsaturated/α-hetero) is 1. The van der Waals surface area contributed by atoms with Crippen molar-refractivity contribution in [3.8, 4) is 0 Å². The molecule has 106 valence electrons. The van der Waals surface area contributed by atoms with Gasteiger partial charge in [0.15, 0.2) is 5.78 Å². The molecule has 20 heavy (non-hydrogen) atoms. The molecule has 0 saturated carbocycles. The minimum atomic E-state index is -0.319. The smallest absolute Gasteiger partial charge is 0.233 e. The highest BCUT2D eigenvalue weighted by atomic mass is 32.2. The van der Waals surface area contributed by atoms with E-state index in [1.807, 2.05) is 0 Å². The van der Waals surface area contributed by atoms with E-state index in [-0.39, 0.29) is 29.3 Å². The molecule has 1 aromatic carbocycles. The van der Waals surface area contributed by atoms with Crippen molar-refractivity contribution in [3.63, 3.8) is 0 Å². The third-order valence-corrected chi connectivity index (χ3v) is 4.18. The van der Waals surface area contributed by atoms with Crippen LogP contribution in [-0.2, 0) is 9.59 Å². The summed E-state index contributed by atoms with van der Waals surface area (Å²) in [6.07, 6.45) is 0.158. The summed E-state index contributed by atoms with van der Waals surface area (Å²) < 4.78 is 0. The topological polar surface area (TPSA) is 75.3 Å². The first-order valence-electron chi connectivity index (χ1n) is 6.36. The number of hydrogen-bond donors (Lipinski definition) is 2. The highest BCUT2D eigenvalue weighted by Gasteiger charge is 2.25. The Morgan fingerprint density at radius 2 is 2.05 bits per heavy atom. The molecule has 1 atom stereocenters. The van der Waals surface area contributed by atoms with Gasteiger partial charge in [-0.15, -0.1) is 11.8 Å². The predicted molar refractivity (Wildman–Crippen MR) is 78.9 cm³/mol. The van der Waals surface area contributed by atoms with Crippen LogP contribution in [0.15, 0.2) is 24.3 Å². The lowest BCUT2D eigenvalue weighted by Crippen LogP contribution is -2.40. The van der Waals surface area contributed by atoms with E-state index in [0.29, 0.717) is 17.8 Å².